The molecule has 0 aliphatic carbocycles. The molecule has 0 saturated carbocycles. The first-order chi connectivity index (χ1) is 7.38. The molecule has 0 bridgehead atoms. The van der Waals surface area contributed by atoms with Crippen LogP contribution in [0, 0.1) is 0 Å². The number of rotatable bonds is 1. The Kier molecular flexibility index (Phi) is 2.49. The van der Waals surface area contributed by atoms with Crippen molar-refractivity contribution >= 4 is 11.0 Å². The van der Waals surface area contributed by atoms with E-state index in [2.05, 4.69) is 63.0 Å². The van der Waals surface area contributed by atoms with E-state index in [9.17, 15) is 0 Å². The number of pyridine rings is 1. The highest BCUT2D eigenvalue weighted by Crippen LogP contribution is 2.20. The smallest absolute Gasteiger partial charge is 0.181 e. The molecule has 2 heterocycles. The van der Waals surface area contributed by atoms with Gasteiger partial charge in [0.15, 0.2) is 5.65 Å². The number of aromatic nitrogens is 3. The predicted octanol–water partition coefficient (Wildman–Crippen LogP) is 3.31. The van der Waals surface area contributed by atoms with Crippen molar-refractivity contribution in [3.8, 4) is 0 Å². The monoisotopic (exact) mass is 217 g/mol. The molecule has 3 heteroatoms. The van der Waals surface area contributed by atoms with Gasteiger partial charge >= 0.3 is 0 Å². The maximum Gasteiger partial charge on any atom is 0.181 e. The largest absolute Gasteiger partial charge is 0.265 e. The van der Waals surface area contributed by atoms with Crippen LogP contribution in [0.15, 0.2) is 18.3 Å². The van der Waals surface area contributed by atoms with Crippen LogP contribution >= 0.6 is 0 Å². The Labute approximate surface area is 96.5 Å². The number of hydrogen-bond acceptors (Lipinski definition) is 2. The highest BCUT2D eigenvalue weighted by Gasteiger charge is 2.15. The van der Waals surface area contributed by atoms with E-state index in [0.717, 1.165) is 16.7 Å². The van der Waals surface area contributed by atoms with Crippen LogP contribution in [-0.2, 0) is 5.54 Å². The summed E-state index contributed by atoms with van der Waals surface area (Å²) < 4.78 is 1.98. The number of hydrogen-bond donors (Lipinski definition) is 0. The predicted molar refractivity (Wildman–Crippen MR) is 66.6 cm³/mol. The van der Waals surface area contributed by atoms with Crippen LogP contribution < -0.4 is 0 Å². The van der Waals surface area contributed by atoms with E-state index in [1.54, 1.807) is 0 Å². The second-order valence-electron chi connectivity index (χ2n) is 5.55. The molecule has 0 aliphatic heterocycles. The standard InChI is InChI=1S/C13H19N3/c1-9(2)11-7-6-10-8-16(13(3,4)5)15-12(10)14-11/h6-9H,1-5H3. The molecule has 0 fully saturated rings. The van der Waals surface area contributed by atoms with Crippen LogP contribution in [0.1, 0.15) is 46.2 Å². The summed E-state index contributed by atoms with van der Waals surface area (Å²) in [5.74, 6) is 0.448. The van der Waals surface area contributed by atoms with Crippen LogP contribution in [0.3, 0.4) is 0 Å². The SMILES string of the molecule is CC(C)c1ccc2cn(C(C)(C)C)nc2n1. The number of fused-ring (bicyclic) bond motifs is 1. The average molecular weight is 217 g/mol. The van der Waals surface area contributed by atoms with Gasteiger partial charge in [-0.3, -0.25) is 4.68 Å². The lowest BCUT2D eigenvalue weighted by Gasteiger charge is -2.18. The maximum atomic E-state index is 4.58. The van der Waals surface area contributed by atoms with E-state index in [1.165, 1.54) is 0 Å². The number of nitrogens with zero attached hydrogens (tertiary/aromatic N) is 3. The zero-order chi connectivity index (χ0) is 11.9. The van der Waals surface area contributed by atoms with Crippen LogP contribution in [0.25, 0.3) is 11.0 Å². The van der Waals surface area contributed by atoms with Crippen LogP contribution in [-0.4, -0.2) is 14.8 Å². The summed E-state index contributed by atoms with van der Waals surface area (Å²) in [6.45, 7) is 10.7. The van der Waals surface area contributed by atoms with Gasteiger partial charge in [0.1, 0.15) is 0 Å². The lowest BCUT2D eigenvalue weighted by Crippen LogP contribution is -2.21. The van der Waals surface area contributed by atoms with Crippen molar-refractivity contribution < 1.29 is 0 Å². The second kappa shape index (κ2) is 3.58. The van der Waals surface area contributed by atoms with Crippen LogP contribution in [0.5, 0.6) is 0 Å². The third-order valence-corrected chi connectivity index (χ3v) is 2.67. The minimum atomic E-state index is 0.0126. The third kappa shape index (κ3) is 1.94. The summed E-state index contributed by atoms with van der Waals surface area (Å²) in [6, 6.07) is 4.19. The molecule has 2 aromatic rings. The fourth-order valence-corrected chi connectivity index (χ4v) is 1.58. The first kappa shape index (κ1) is 11.1. The van der Waals surface area contributed by atoms with Gasteiger partial charge in [-0.2, -0.15) is 5.10 Å². The van der Waals surface area contributed by atoms with Crippen LogP contribution in [0.4, 0.5) is 0 Å². The molecule has 0 unspecified atom stereocenters. The Hall–Kier alpha value is -1.38. The van der Waals surface area contributed by atoms with E-state index in [-0.39, 0.29) is 5.54 Å². The topological polar surface area (TPSA) is 30.7 Å². The molecule has 3 nitrogen and oxygen atoms in total. The van der Waals surface area contributed by atoms with Gasteiger partial charge in [0, 0.05) is 17.3 Å². The van der Waals surface area contributed by atoms with Crippen molar-refractivity contribution in [2.75, 3.05) is 0 Å². The van der Waals surface area contributed by atoms with E-state index in [4.69, 9.17) is 0 Å². The fourth-order valence-electron chi connectivity index (χ4n) is 1.58. The molecule has 2 aromatic heterocycles. The van der Waals surface area contributed by atoms with E-state index < -0.39 is 0 Å². The maximum absolute atomic E-state index is 4.58. The van der Waals surface area contributed by atoms with Crippen molar-refractivity contribution in [1.82, 2.24) is 14.8 Å². The normalized spacial score (nSPS) is 12.6. The van der Waals surface area contributed by atoms with Crippen molar-refractivity contribution in [1.29, 1.82) is 0 Å². The molecule has 0 aromatic carbocycles. The molecule has 0 spiro atoms. The van der Waals surface area contributed by atoms with Crippen molar-refractivity contribution in [3.63, 3.8) is 0 Å². The molecule has 0 N–H and O–H groups in total. The lowest BCUT2D eigenvalue weighted by molar-refractivity contribution is 0.358. The second-order valence-corrected chi connectivity index (χ2v) is 5.55. The summed E-state index contributed by atoms with van der Waals surface area (Å²) in [4.78, 5) is 4.58. The Bertz CT molecular complexity index is 503. The summed E-state index contributed by atoms with van der Waals surface area (Å²) in [5, 5.41) is 5.64. The molecule has 16 heavy (non-hydrogen) atoms. The Morgan fingerprint density at radius 1 is 1.19 bits per heavy atom. The molecule has 0 amide bonds. The highest BCUT2D eigenvalue weighted by atomic mass is 15.3. The van der Waals surface area contributed by atoms with Gasteiger partial charge in [-0.05, 0) is 38.8 Å². The summed E-state index contributed by atoms with van der Waals surface area (Å²) >= 11 is 0. The van der Waals surface area contributed by atoms with E-state index in [0.29, 0.717) is 5.92 Å². The minimum Gasteiger partial charge on any atom is -0.265 e. The molecule has 86 valence electrons. The zero-order valence-corrected chi connectivity index (χ0v) is 10.7. The molecular formula is C13H19N3. The van der Waals surface area contributed by atoms with Gasteiger partial charge < -0.3 is 0 Å². The molecule has 0 radical (unpaired) electrons. The van der Waals surface area contributed by atoms with Crippen molar-refractivity contribution in [2.24, 2.45) is 0 Å². The Balaban J connectivity index is 2.54. The Morgan fingerprint density at radius 2 is 1.88 bits per heavy atom. The van der Waals surface area contributed by atoms with Gasteiger partial charge in [0.05, 0.1) is 5.54 Å². The zero-order valence-electron chi connectivity index (χ0n) is 10.7. The summed E-state index contributed by atoms with van der Waals surface area (Å²) in [7, 11) is 0. The highest BCUT2D eigenvalue weighted by molar-refractivity contribution is 5.74. The fraction of sp³-hybridized carbons (Fsp3) is 0.538. The molecular weight excluding hydrogens is 198 g/mol. The molecule has 2 rings (SSSR count). The van der Waals surface area contributed by atoms with E-state index in [1.807, 2.05) is 4.68 Å². The Morgan fingerprint density at radius 3 is 2.44 bits per heavy atom. The van der Waals surface area contributed by atoms with Gasteiger partial charge in [0.25, 0.3) is 0 Å². The van der Waals surface area contributed by atoms with Gasteiger partial charge in [-0.15, -0.1) is 0 Å². The summed E-state index contributed by atoms with van der Waals surface area (Å²) in [5.41, 5.74) is 1.96. The van der Waals surface area contributed by atoms with Crippen LogP contribution in [0.2, 0.25) is 0 Å². The van der Waals surface area contributed by atoms with Gasteiger partial charge in [0.2, 0.25) is 0 Å². The molecule has 0 saturated heterocycles. The quantitative estimate of drug-likeness (QED) is 0.733. The summed E-state index contributed by atoms with van der Waals surface area (Å²) in [6.07, 6.45) is 2.06. The minimum absolute atomic E-state index is 0.0126. The van der Waals surface area contributed by atoms with E-state index >= 15 is 0 Å². The molecule has 0 atom stereocenters. The first-order valence-corrected chi connectivity index (χ1v) is 5.75. The third-order valence-electron chi connectivity index (χ3n) is 2.67. The van der Waals surface area contributed by atoms with Crippen molar-refractivity contribution in [3.05, 3.63) is 24.0 Å². The average Bonchev–Trinajstić information content (AvgIpc) is 2.58. The first-order valence-electron chi connectivity index (χ1n) is 5.75. The lowest BCUT2D eigenvalue weighted by atomic mass is 10.1. The van der Waals surface area contributed by atoms with Gasteiger partial charge in [-0.1, -0.05) is 13.8 Å². The van der Waals surface area contributed by atoms with Crippen molar-refractivity contribution in [2.45, 2.75) is 46.1 Å². The molecule has 0 aliphatic rings. The van der Waals surface area contributed by atoms with Gasteiger partial charge in [-0.25, -0.2) is 4.98 Å².